The maximum Gasteiger partial charge on any atom is 0.272 e. The van der Waals surface area contributed by atoms with Crippen molar-refractivity contribution in [2.24, 2.45) is 5.92 Å². The lowest BCUT2D eigenvalue weighted by Gasteiger charge is -2.30. The number of hydrogen-bond donors (Lipinski definition) is 1. The standard InChI is InChI=1S/C20H26N4O/c1-14(2)16-4-6-17(7-5-16)23-19-12-18(21-13-22-19)20(25)24-10-8-15(3)9-11-24/h4-7,12-15H,8-11H2,1-3H3,(H,21,22,23). The second kappa shape index (κ2) is 7.64. The first-order chi connectivity index (χ1) is 12.0. The monoisotopic (exact) mass is 338 g/mol. The number of nitrogens with one attached hydrogen (secondary N) is 1. The summed E-state index contributed by atoms with van der Waals surface area (Å²) in [5.41, 5.74) is 2.70. The summed E-state index contributed by atoms with van der Waals surface area (Å²) < 4.78 is 0. The molecule has 1 aromatic carbocycles. The van der Waals surface area contributed by atoms with E-state index in [2.05, 4.69) is 48.2 Å². The summed E-state index contributed by atoms with van der Waals surface area (Å²) in [7, 11) is 0. The number of aromatic nitrogens is 2. The predicted octanol–water partition coefficient (Wildman–Crippen LogP) is 4.22. The maximum atomic E-state index is 12.6. The van der Waals surface area contributed by atoms with Gasteiger partial charge in [0.1, 0.15) is 17.8 Å². The summed E-state index contributed by atoms with van der Waals surface area (Å²) in [5.74, 6) is 1.83. The molecular weight excluding hydrogens is 312 g/mol. The third-order valence-corrected chi connectivity index (χ3v) is 4.81. The highest BCUT2D eigenvalue weighted by molar-refractivity contribution is 5.93. The fourth-order valence-electron chi connectivity index (χ4n) is 3.02. The van der Waals surface area contributed by atoms with Gasteiger partial charge in [-0.1, -0.05) is 32.9 Å². The molecule has 0 bridgehead atoms. The molecule has 1 saturated heterocycles. The van der Waals surface area contributed by atoms with E-state index in [1.54, 1.807) is 6.07 Å². The zero-order valence-corrected chi connectivity index (χ0v) is 15.2. The number of piperidine rings is 1. The molecule has 0 spiro atoms. The van der Waals surface area contributed by atoms with Crippen LogP contribution in [0.4, 0.5) is 11.5 Å². The molecule has 0 radical (unpaired) electrons. The Morgan fingerprint density at radius 2 is 1.84 bits per heavy atom. The van der Waals surface area contributed by atoms with Crippen molar-refractivity contribution in [3.05, 3.63) is 47.9 Å². The molecule has 1 aliphatic heterocycles. The van der Waals surface area contributed by atoms with Gasteiger partial charge in [0.25, 0.3) is 5.91 Å². The van der Waals surface area contributed by atoms with E-state index in [0.717, 1.165) is 31.6 Å². The second-order valence-corrected chi connectivity index (χ2v) is 7.16. The van der Waals surface area contributed by atoms with E-state index in [9.17, 15) is 4.79 Å². The minimum absolute atomic E-state index is 0.00694. The van der Waals surface area contributed by atoms with E-state index in [1.165, 1.54) is 11.9 Å². The SMILES string of the molecule is CC1CCN(C(=O)c2cc(Nc3ccc(C(C)C)cc3)ncn2)CC1. The molecule has 1 aromatic heterocycles. The van der Waals surface area contributed by atoms with Gasteiger partial charge in [-0.05, 0) is 42.4 Å². The largest absolute Gasteiger partial charge is 0.340 e. The van der Waals surface area contributed by atoms with Crippen LogP contribution < -0.4 is 5.32 Å². The average molecular weight is 338 g/mol. The van der Waals surface area contributed by atoms with Crippen LogP contribution >= 0.6 is 0 Å². The van der Waals surface area contributed by atoms with Gasteiger partial charge >= 0.3 is 0 Å². The average Bonchev–Trinajstić information content (AvgIpc) is 2.62. The molecule has 1 fully saturated rings. The highest BCUT2D eigenvalue weighted by atomic mass is 16.2. The molecule has 5 heteroatoms. The minimum atomic E-state index is -0.00694. The Balaban J connectivity index is 1.69. The quantitative estimate of drug-likeness (QED) is 0.907. The van der Waals surface area contributed by atoms with Gasteiger partial charge in [0.15, 0.2) is 0 Å². The van der Waals surface area contributed by atoms with Gasteiger partial charge in [0.05, 0.1) is 0 Å². The Bertz CT molecular complexity index is 719. The van der Waals surface area contributed by atoms with Crippen molar-refractivity contribution in [1.82, 2.24) is 14.9 Å². The van der Waals surface area contributed by atoms with Crippen LogP contribution in [0, 0.1) is 5.92 Å². The van der Waals surface area contributed by atoms with Gasteiger partial charge in [0.2, 0.25) is 0 Å². The first kappa shape index (κ1) is 17.4. The third-order valence-electron chi connectivity index (χ3n) is 4.81. The van der Waals surface area contributed by atoms with E-state index < -0.39 is 0 Å². The topological polar surface area (TPSA) is 58.1 Å². The Morgan fingerprint density at radius 1 is 1.16 bits per heavy atom. The summed E-state index contributed by atoms with van der Waals surface area (Å²) in [5, 5.41) is 3.25. The summed E-state index contributed by atoms with van der Waals surface area (Å²) in [6, 6.07) is 10.0. The number of carbonyl (C=O) groups is 1. The molecule has 1 aliphatic rings. The molecule has 132 valence electrons. The number of likely N-dealkylation sites (tertiary alicyclic amines) is 1. The molecular formula is C20H26N4O. The summed E-state index contributed by atoms with van der Waals surface area (Å²) >= 11 is 0. The third kappa shape index (κ3) is 4.35. The number of benzene rings is 1. The fraction of sp³-hybridized carbons (Fsp3) is 0.450. The predicted molar refractivity (Wildman–Crippen MR) is 100 cm³/mol. The molecule has 5 nitrogen and oxygen atoms in total. The first-order valence-electron chi connectivity index (χ1n) is 9.01. The zero-order valence-electron chi connectivity index (χ0n) is 15.2. The number of nitrogens with zero attached hydrogens (tertiary/aromatic N) is 3. The van der Waals surface area contributed by atoms with Gasteiger partial charge in [0, 0.05) is 24.8 Å². The Hall–Kier alpha value is -2.43. The molecule has 3 rings (SSSR count). The van der Waals surface area contributed by atoms with E-state index >= 15 is 0 Å². The zero-order chi connectivity index (χ0) is 17.8. The number of carbonyl (C=O) groups excluding carboxylic acids is 1. The molecule has 2 heterocycles. The molecule has 2 aromatic rings. The van der Waals surface area contributed by atoms with Gasteiger partial charge in [-0.3, -0.25) is 4.79 Å². The Morgan fingerprint density at radius 3 is 2.48 bits per heavy atom. The molecule has 25 heavy (non-hydrogen) atoms. The van der Waals surface area contributed by atoms with E-state index in [-0.39, 0.29) is 5.91 Å². The maximum absolute atomic E-state index is 12.6. The fourth-order valence-corrected chi connectivity index (χ4v) is 3.02. The van der Waals surface area contributed by atoms with Crippen molar-refractivity contribution in [1.29, 1.82) is 0 Å². The van der Waals surface area contributed by atoms with Crippen molar-refractivity contribution in [3.63, 3.8) is 0 Å². The molecule has 1 amide bonds. The normalized spacial score (nSPS) is 15.4. The summed E-state index contributed by atoms with van der Waals surface area (Å²) in [6.07, 6.45) is 3.57. The number of anilines is 2. The lowest BCUT2D eigenvalue weighted by molar-refractivity contribution is 0.0691. The van der Waals surface area contributed by atoms with Crippen LogP contribution in [0.5, 0.6) is 0 Å². The number of hydrogen-bond acceptors (Lipinski definition) is 4. The van der Waals surface area contributed by atoms with Crippen molar-refractivity contribution >= 4 is 17.4 Å². The van der Waals surface area contributed by atoms with Gasteiger partial charge in [-0.2, -0.15) is 0 Å². The lowest BCUT2D eigenvalue weighted by Crippen LogP contribution is -2.38. The molecule has 0 aliphatic carbocycles. The van der Waals surface area contributed by atoms with Crippen molar-refractivity contribution in [3.8, 4) is 0 Å². The highest BCUT2D eigenvalue weighted by Crippen LogP contribution is 2.21. The van der Waals surface area contributed by atoms with E-state index in [4.69, 9.17) is 0 Å². The minimum Gasteiger partial charge on any atom is -0.340 e. The van der Waals surface area contributed by atoms with E-state index in [1.807, 2.05) is 17.0 Å². The summed E-state index contributed by atoms with van der Waals surface area (Å²) in [6.45, 7) is 8.20. The number of amides is 1. The van der Waals surface area contributed by atoms with Crippen LogP contribution in [0.2, 0.25) is 0 Å². The molecule has 0 atom stereocenters. The van der Waals surface area contributed by atoms with E-state index in [0.29, 0.717) is 23.3 Å². The van der Waals surface area contributed by atoms with Crippen LogP contribution in [0.3, 0.4) is 0 Å². The van der Waals surface area contributed by atoms with Crippen molar-refractivity contribution < 1.29 is 4.79 Å². The second-order valence-electron chi connectivity index (χ2n) is 7.16. The van der Waals surface area contributed by atoms with Gasteiger partial charge < -0.3 is 10.2 Å². The van der Waals surface area contributed by atoms with Crippen molar-refractivity contribution in [2.75, 3.05) is 18.4 Å². The highest BCUT2D eigenvalue weighted by Gasteiger charge is 2.22. The number of rotatable bonds is 4. The van der Waals surface area contributed by atoms with Crippen molar-refractivity contribution in [2.45, 2.75) is 39.5 Å². The Labute approximate surface area is 149 Å². The molecule has 1 N–H and O–H groups in total. The van der Waals surface area contributed by atoms with Crippen LogP contribution in [0.25, 0.3) is 0 Å². The van der Waals surface area contributed by atoms with Crippen LogP contribution in [0.1, 0.15) is 55.6 Å². The molecule has 0 saturated carbocycles. The van der Waals surface area contributed by atoms with Crippen LogP contribution in [-0.2, 0) is 0 Å². The van der Waals surface area contributed by atoms with Gasteiger partial charge in [-0.25, -0.2) is 9.97 Å². The lowest BCUT2D eigenvalue weighted by atomic mass is 9.99. The summed E-state index contributed by atoms with van der Waals surface area (Å²) in [4.78, 5) is 22.9. The van der Waals surface area contributed by atoms with Crippen LogP contribution in [-0.4, -0.2) is 33.9 Å². The smallest absolute Gasteiger partial charge is 0.272 e. The molecule has 0 unspecified atom stereocenters. The van der Waals surface area contributed by atoms with Crippen LogP contribution in [0.15, 0.2) is 36.7 Å². The Kier molecular flexibility index (Phi) is 5.31. The first-order valence-corrected chi connectivity index (χ1v) is 9.01. The van der Waals surface area contributed by atoms with Gasteiger partial charge in [-0.15, -0.1) is 0 Å².